The van der Waals surface area contributed by atoms with Crippen LogP contribution in [0, 0.1) is 23.7 Å². The van der Waals surface area contributed by atoms with Gasteiger partial charge in [0.25, 0.3) is 0 Å². The van der Waals surface area contributed by atoms with Gasteiger partial charge in [0.1, 0.15) is 5.82 Å². The van der Waals surface area contributed by atoms with Crippen LogP contribution in [0.4, 0.5) is 11.5 Å². The second-order valence-corrected chi connectivity index (χ2v) is 6.74. The molecule has 1 aromatic heterocycles. The maximum atomic E-state index is 6.26. The van der Waals surface area contributed by atoms with Crippen molar-refractivity contribution in [3.63, 3.8) is 0 Å². The summed E-state index contributed by atoms with van der Waals surface area (Å²) >= 11 is 0. The summed E-state index contributed by atoms with van der Waals surface area (Å²) in [6.07, 6.45) is 6.50. The van der Waals surface area contributed by atoms with Crippen LogP contribution in [0.25, 0.3) is 0 Å². The summed E-state index contributed by atoms with van der Waals surface area (Å²) in [4.78, 5) is 0. The first-order valence-corrected chi connectivity index (χ1v) is 7.78. The van der Waals surface area contributed by atoms with E-state index in [-0.39, 0.29) is 0 Å². The fourth-order valence-corrected chi connectivity index (χ4v) is 4.86. The lowest BCUT2D eigenvalue weighted by Gasteiger charge is -2.12. The highest BCUT2D eigenvalue weighted by atomic mass is 15.3. The quantitative estimate of drug-likeness (QED) is 0.874. The number of nitrogen functional groups attached to an aromatic ring is 1. The maximum Gasteiger partial charge on any atom is 0.148 e. The number of hydrogen-bond acceptors (Lipinski definition) is 3. The average molecular weight is 260 g/mol. The monoisotopic (exact) mass is 260 g/mol. The summed E-state index contributed by atoms with van der Waals surface area (Å²) in [7, 11) is 2.00. The fourth-order valence-electron chi connectivity index (χ4n) is 4.86. The van der Waals surface area contributed by atoms with Crippen molar-refractivity contribution in [3.8, 4) is 0 Å². The number of nitrogens with one attached hydrogen (secondary N) is 1. The predicted molar refractivity (Wildman–Crippen MR) is 76.8 cm³/mol. The summed E-state index contributed by atoms with van der Waals surface area (Å²) in [6.45, 7) is 2.17. The van der Waals surface area contributed by atoms with Gasteiger partial charge in [0.15, 0.2) is 0 Å². The molecule has 3 fully saturated rings. The van der Waals surface area contributed by atoms with Gasteiger partial charge in [0.2, 0.25) is 0 Å². The molecule has 3 N–H and O–H groups in total. The van der Waals surface area contributed by atoms with E-state index in [0.717, 1.165) is 53.7 Å². The predicted octanol–water partition coefficient (Wildman–Crippen LogP) is 2.41. The molecule has 4 unspecified atom stereocenters. The third-order valence-electron chi connectivity index (χ3n) is 5.69. The molecule has 2 bridgehead atoms. The summed E-state index contributed by atoms with van der Waals surface area (Å²) in [6, 6.07) is 0.679. The molecule has 3 saturated carbocycles. The summed E-state index contributed by atoms with van der Waals surface area (Å²) in [5, 5.41) is 8.27. The molecule has 3 aliphatic carbocycles. The molecular formula is C15H24N4. The van der Waals surface area contributed by atoms with Gasteiger partial charge in [0, 0.05) is 13.1 Å². The zero-order valence-corrected chi connectivity index (χ0v) is 11.9. The number of nitrogens with two attached hydrogens (primary N) is 1. The molecule has 104 valence electrons. The summed E-state index contributed by atoms with van der Waals surface area (Å²) < 4.78 is 1.94. The Bertz CT molecular complexity index is 490. The SMILES string of the molecule is CCCc1nn(C)c(NC2C3C4CCC(C4)C23)c1N. The van der Waals surface area contributed by atoms with Crippen LogP contribution in [0.15, 0.2) is 0 Å². The molecule has 0 radical (unpaired) electrons. The Kier molecular flexibility index (Phi) is 2.39. The van der Waals surface area contributed by atoms with Gasteiger partial charge in [-0.3, -0.25) is 4.68 Å². The molecule has 19 heavy (non-hydrogen) atoms. The average Bonchev–Trinajstić information content (AvgIpc) is 2.71. The lowest BCUT2D eigenvalue weighted by atomic mass is 10.0. The molecule has 1 aromatic rings. The standard InChI is InChI=1S/C15H24N4/c1-3-4-10-13(16)15(19(2)18-10)17-14-11-8-5-6-9(7-8)12(11)14/h8-9,11-12,14,17H,3-7,16H2,1-2H3. The van der Waals surface area contributed by atoms with Gasteiger partial charge in [-0.1, -0.05) is 13.3 Å². The van der Waals surface area contributed by atoms with Crippen LogP contribution in [0.2, 0.25) is 0 Å². The van der Waals surface area contributed by atoms with Crippen LogP contribution in [-0.4, -0.2) is 15.8 Å². The third-order valence-corrected chi connectivity index (χ3v) is 5.69. The van der Waals surface area contributed by atoms with E-state index in [9.17, 15) is 0 Å². The van der Waals surface area contributed by atoms with Gasteiger partial charge >= 0.3 is 0 Å². The molecule has 4 atom stereocenters. The molecule has 4 rings (SSSR count). The first kappa shape index (κ1) is 11.6. The van der Waals surface area contributed by atoms with Gasteiger partial charge in [-0.05, 0) is 49.4 Å². The second kappa shape index (κ2) is 3.90. The Morgan fingerprint density at radius 2 is 2.00 bits per heavy atom. The normalized spacial score (nSPS) is 38.5. The maximum absolute atomic E-state index is 6.26. The minimum absolute atomic E-state index is 0.679. The number of rotatable bonds is 4. The van der Waals surface area contributed by atoms with Crippen molar-refractivity contribution < 1.29 is 0 Å². The van der Waals surface area contributed by atoms with Crippen LogP contribution in [0.3, 0.4) is 0 Å². The lowest BCUT2D eigenvalue weighted by Crippen LogP contribution is -2.15. The molecule has 3 aliphatic rings. The van der Waals surface area contributed by atoms with Crippen molar-refractivity contribution in [1.29, 1.82) is 0 Å². The largest absolute Gasteiger partial charge is 0.394 e. The molecule has 0 spiro atoms. The van der Waals surface area contributed by atoms with E-state index in [1.165, 1.54) is 19.3 Å². The highest BCUT2D eigenvalue weighted by molar-refractivity contribution is 5.66. The van der Waals surface area contributed by atoms with Crippen LogP contribution >= 0.6 is 0 Å². The first-order valence-electron chi connectivity index (χ1n) is 7.78. The topological polar surface area (TPSA) is 55.9 Å². The number of aromatic nitrogens is 2. The second-order valence-electron chi connectivity index (χ2n) is 6.74. The van der Waals surface area contributed by atoms with Crippen molar-refractivity contribution >= 4 is 11.5 Å². The minimum Gasteiger partial charge on any atom is -0.394 e. The van der Waals surface area contributed by atoms with E-state index in [1.807, 2.05) is 11.7 Å². The van der Waals surface area contributed by atoms with E-state index in [2.05, 4.69) is 17.3 Å². The number of nitrogens with zero attached hydrogens (tertiary/aromatic N) is 2. The molecule has 0 aliphatic heterocycles. The van der Waals surface area contributed by atoms with E-state index in [4.69, 9.17) is 5.73 Å². The highest BCUT2D eigenvalue weighted by Gasteiger charge is 2.65. The van der Waals surface area contributed by atoms with Gasteiger partial charge in [-0.2, -0.15) is 5.10 Å². The van der Waals surface area contributed by atoms with Gasteiger partial charge in [-0.15, -0.1) is 0 Å². The molecule has 0 aromatic carbocycles. The molecule has 0 saturated heterocycles. The molecule has 0 amide bonds. The third kappa shape index (κ3) is 1.55. The Morgan fingerprint density at radius 1 is 1.32 bits per heavy atom. The summed E-state index contributed by atoms with van der Waals surface area (Å²) in [5.41, 5.74) is 8.19. The van der Waals surface area contributed by atoms with Gasteiger partial charge in [0.05, 0.1) is 11.4 Å². The molecule has 4 heteroatoms. The summed E-state index contributed by atoms with van der Waals surface area (Å²) in [5.74, 6) is 4.92. The van der Waals surface area contributed by atoms with E-state index in [0.29, 0.717) is 6.04 Å². The molecular weight excluding hydrogens is 236 g/mol. The highest BCUT2D eigenvalue weighted by Crippen LogP contribution is 2.66. The molecule has 4 nitrogen and oxygen atoms in total. The Labute approximate surface area is 114 Å². The Balaban J connectivity index is 1.52. The number of anilines is 2. The van der Waals surface area contributed by atoms with Crippen molar-refractivity contribution in [2.45, 2.75) is 45.1 Å². The number of aryl methyl sites for hydroxylation is 2. The van der Waals surface area contributed by atoms with Crippen LogP contribution in [-0.2, 0) is 13.5 Å². The van der Waals surface area contributed by atoms with E-state index in [1.54, 1.807) is 0 Å². The van der Waals surface area contributed by atoms with Gasteiger partial charge < -0.3 is 11.1 Å². The van der Waals surface area contributed by atoms with Gasteiger partial charge in [-0.25, -0.2) is 0 Å². The lowest BCUT2D eigenvalue weighted by molar-refractivity contribution is 0.456. The van der Waals surface area contributed by atoms with E-state index >= 15 is 0 Å². The first-order chi connectivity index (χ1) is 9.20. The van der Waals surface area contributed by atoms with Crippen LogP contribution in [0.1, 0.15) is 38.3 Å². The van der Waals surface area contributed by atoms with Crippen molar-refractivity contribution in [3.05, 3.63) is 5.69 Å². The van der Waals surface area contributed by atoms with Crippen LogP contribution < -0.4 is 11.1 Å². The number of fused-ring (bicyclic) bond motifs is 5. The smallest absolute Gasteiger partial charge is 0.148 e. The van der Waals surface area contributed by atoms with Crippen molar-refractivity contribution in [1.82, 2.24) is 9.78 Å². The van der Waals surface area contributed by atoms with Crippen LogP contribution in [0.5, 0.6) is 0 Å². The van der Waals surface area contributed by atoms with E-state index < -0.39 is 0 Å². The minimum atomic E-state index is 0.679. The number of hydrogen-bond donors (Lipinski definition) is 2. The van der Waals surface area contributed by atoms with Crippen molar-refractivity contribution in [2.24, 2.45) is 30.7 Å². The fraction of sp³-hybridized carbons (Fsp3) is 0.800. The Morgan fingerprint density at radius 3 is 2.63 bits per heavy atom. The zero-order chi connectivity index (χ0) is 13.1. The zero-order valence-electron chi connectivity index (χ0n) is 11.9. The Hall–Kier alpha value is -1.19. The van der Waals surface area contributed by atoms with Crippen molar-refractivity contribution in [2.75, 3.05) is 11.1 Å². The molecule has 1 heterocycles.